The molecule has 5 heteroatoms. The number of nitrogens with zero attached hydrogens (tertiary/aromatic N) is 1. The first kappa shape index (κ1) is 18.3. The molecular weight excluding hydrogens is 338 g/mol. The van der Waals surface area contributed by atoms with E-state index in [1.165, 1.54) is 6.20 Å². The summed E-state index contributed by atoms with van der Waals surface area (Å²) in [6.45, 7) is 0.691. The molecule has 0 spiro atoms. The van der Waals surface area contributed by atoms with Crippen molar-refractivity contribution >= 4 is 11.8 Å². The minimum Gasteiger partial charge on any atom is -0.354 e. The van der Waals surface area contributed by atoms with Gasteiger partial charge in [-0.05, 0) is 23.3 Å². The molecule has 0 aliphatic rings. The van der Waals surface area contributed by atoms with Gasteiger partial charge < -0.3 is 10.6 Å². The second-order valence-corrected chi connectivity index (χ2v) is 6.04. The van der Waals surface area contributed by atoms with Crippen LogP contribution in [-0.2, 0) is 4.79 Å². The van der Waals surface area contributed by atoms with E-state index in [1.807, 2.05) is 60.7 Å². The summed E-state index contributed by atoms with van der Waals surface area (Å²) in [6.07, 6.45) is 3.12. The van der Waals surface area contributed by atoms with Crippen molar-refractivity contribution in [2.24, 2.45) is 0 Å². The molecule has 0 saturated heterocycles. The Morgan fingerprint density at radius 1 is 0.778 bits per heavy atom. The number of amides is 2. The van der Waals surface area contributed by atoms with E-state index in [2.05, 4.69) is 15.6 Å². The van der Waals surface area contributed by atoms with E-state index in [4.69, 9.17) is 0 Å². The van der Waals surface area contributed by atoms with E-state index >= 15 is 0 Å². The van der Waals surface area contributed by atoms with Gasteiger partial charge >= 0.3 is 0 Å². The third-order valence-electron chi connectivity index (χ3n) is 4.16. The SMILES string of the molecule is O=C(NCCNC(=O)C(c1ccccc1)c1ccccc1)c1cccnc1. The van der Waals surface area contributed by atoms with Gasteiger partial charge in [0.05, 0.1) is 11.5 Å². The molecule has 136 valence electrons. The Morgan fingerprint density at radius 2 is 1.37 bits per heavy atom. The minimum absolute atomic E-state index is 0.0944. The summed E-state index contributed by atoms with van der Waals surface area (Å²) in [5.74, 6) is -0.690. The van der Waals surface area contributed by atoms with Crippen LogP contribution in [-0.4, -0.2) is 29.9 Å². The summed E-state index contributed by atoms with van der Waals surface area (Å²) < 4.78 is 0. The third kappa shape index (κ3) is 5.01. The molecule has 3 rings (SSSR count). The fraction of sp³-hybridized carbons (Fsp3) is 0.136. The summed E-state index contributed by atoms with van der Waals surface area (Å²) in [4.78, 5) is 28.7. The van der Waals surface area contributed by atoms with E-state index in [9.17, 15) is 9.59 Å². The maximum atomic E-state index is 12.8. The average Bonchev–Trinajstić information content (AvgIpc) is 2.73. The predicted molar refractivity (Wildman–Crippen MR) is 104 cm³/mol. The molecule has 5 nitrogen and oxygen atoms in total. The number of aromatic nitrogens is 1. The van der Waals surface area contributed by atoms with Gasteiger partial charge in [0, 0.05) is 25.5 Å². The van der Waals surface area contributed by atoms with Crippen LogP contribution in [0.15, 0.2) is 85.2 Å². The smallest absolute Gasteiger partial charge is 0.252 e. The molecule has 0 atom stereocenters. The van der Waals surface area contributed by atoms with E-state index in [-0.39, 0.29) is 17.7 Å². The Labute approximate surface area is 158 Å². The van der Waals surface area contributed by atoms with Gasteiger partial charge in [-0.1, -0.05) is 60.7 Å². The highest BCUT2D eigenvalue weighted by atomic mass is 16.2. The lowest BCUT2D eigenvalue weighted by atomic mass is 9.90. The number of carbonyl (C=O) groups excluding carboxylic acids is 2. The zero-order valence-electron chi connectivity index (χ0n) is 14.8. The predicted octanol–water partition coefficient (Wildman–Crippen LogP) is 2.76. The van der Waals surface area contributed by atoms with Crippen LogP contribution >= 0.6 is 0 Å². The molecule has 2 N–H and O–H groups in total. The first-order chi connectivity index (χ1) is 13.3. The Hall–Kier alpha value is -3.47. The topological polar surface area (TPSA) is 71.1 Å². The number of nitrogens with one attached hydrogen (secondary N) is 2. The van der Waals surface area contributed by atoms with Gasteiger partial charge in [-0.2, -0.15) is 0 Å². The van der Waals surface area contributed by atoms with Crippen LogP contribution in [0.4, 0.5) is 0 Å². The van der Waals surface area contributed by atoms with Crippen LogP contribution in [0.1, 0.15) is 27.4 Å². The molecule has 0 saturated carbocycles. The number of rotatable bonds is 7. The fourth-order valence-corrected chi connectivity index (χ4v) is 2.85. The zero-order chi connectivity index (χ0) is 18.9. The number of hydrogen-bond donors (Lipinski definition) is 2. The van der Waals surface area contributed by atoms with Gasteiger partial charge in [-0.25, -0.2) is 0 Å². The molecule has 3 aromatic rings. The minimum atomic E-state index is -0.388. The van der Waals surface area contributed by atoms with Gasteiger partial charge in [0.25, 0.3) is 5.91 Å². The van der Waals surface area contributed by atoms with Crippen LogP contribution in [0.2, 0.25) is 0 Å². The maximum absolute atomic E-state index is 12.8. The van der Waals surface area contributed by atoms with Crippen molar-refractivity contribution in [2.45, 2.75) is 5.92 Å². The molecule has 0 bridgehead atoms. The molecule has 0 radical (unpaired) electrons. The summed E-state index contributed by atoms with van der Waals surface area (Å²) in [6, 6.07) is 22.7. The summed E-state index contributed by atoms with van der Waals surface area (Å²) in [7, 11) is 0. The summed E-state index contributed by atoms with van der Waals surface area (Å²) >= 11 is 0. The van der Waals surface area contributed by atoms with Crippen molar-refractivity contribution in [3.8, 4) is 0 Å². The molecule has 2 amide bonds. The van der Waals surface area contributed by atoms with Crippen LogP contribution in [0, 0.1) is 0 Å². The number of pyridine rings is 1. The number of benzene rings is 2. The number of hydrogen-bond acceptors (Lipinski definition) is 3. The monoisotopic (exact) mass is 359 g/mol. The van der Waals surface area contributed by atoms with Crippen molar-refractivity contribution in [2.75, 3.05) is 13.1 Å². The molecular formula is C22H21N3O2. The molecule has 1 aromatic heterocycles. The average molecular weight is 359 g/mol. The molecule has 0 aliphatic heterocycles. The number of carbonyl (C=O) groups is 2. The first-order valence-corrected chi connectivity index (χ1v) is 8.81. The largest absolute Gasteiger partial charge is 0.354 e. The van der Waals surface area contributed by atoms with Crippen LogP contribution in [0.3, 0.4) is 0 Å². The van der Waals surface area contributed by atoms with Crippen molar-refractivity contribution in [1.29, 1.82) is 0 Å². The van der Waals surface area contributed by atoms with Gasteiger partial charge in [0.15, 0.2) is 0 Å². The Balaban J connectivity index is 1.59. The molecule has 0 aliphatic carbocycles. The zero-order valence-corrected chi connectivity index (χ0v) is 14.8. The molecule has 0 unspecified atom stereocenters. The second kappa shape index (κ2) is 9.29. The van der Waals surface area contributed by atoms with E-state index in [1.54, 1.807) is 18.3 Å². The van der Waals surface area contributed by atoms with Crippen molar-refractivity contribution in [3.63, 3.8) is 0 Å². The Bertz CT molecular complexity index is 828. The highest BCUT2D eigenvalue weighted by Gasteiger charge is 2.22. The maximum Gasteiger partial charge on any atom is 0.252 e. The lowest BCUT2D eigenvalue weighted by Gasteiger charge is -2.18. The van der Waals surface area contributed by atoms with Crippen molar-refractivity contribution in [3.05, 3.63) is 102 Å². The van der Waals surface area contributed by atoms with Gasteiger partial charge in [0.2, 0.25) is 5.91 Å². The summed E-state index contributed by atoms with van der Waals surface area (Å²) in [5.41, 5.74) is 2.36. The van der Waals surface area contributed by atoms with Gasteiger partial charge in [-0.15, -0.1) is 0 Å². The van der Waals surface area contributed by atoms with Gasteiger partial charge in [0.1, 0.15) is 0 Å². The normalized spacial score (nSPS) is 10.4. The highest BCUT2D eigenvalue weighted by Crippen LogP contribution is 2.24. The standard InChI is InChI=1S/C22H21N3O2/c26-21(19-12-7-13-23-16-19)24-14-15-25-22(27)20(17-8-3-1-4-9-17)18-10-5-2-6-11-18/h1-13,16,20H,14-15H2,(H,24,26)(H,25,27). The Kier molecular flexibility index (Phi) is 6.30. The van der Waals surface area contributed by atoms with Crippen molar-refractivity contribution in [1.82, 2.24) is 15.6 Å². The molecule has 2 aromatic carbocycles. The van der Waals surface area contributed by atoms with Crippen molar-refractivity contribution < 1.29 is 9.59 Å². The van der Waals surface area contributed by atoms with E-state index in [0.29, 0.717) is 18.7 Å². The van der Waals surface area contributed by atoms with Gasteiger partial charge in [-0.3, -0.25) is 14.6 Å². The molecule has 27 heavy (non-hydrogen) atoms. The van der Waals surface area contributed by atoms with E-state index in [0.717, 1.165) is 11.1 Å². The van der Waals surface area contributed by atoms with Crippen LogP contribution in [0.25, 0.3) is 0 Å². The second-order valence-electron chi connectivity index (χ2n) is 6.04. The quantitative estimate of drug-likeness (QED) is 0.637. The summed E-state index contributed by atoms with van der Waals surface area (Å²) in [5, 5.41) is 5.70. The van der Waals surface area contributed by atoms with E-state index < -0.39 is 0 Å². The van der Waals surface area contributed by atoms with Crippen LogP contribution in [0.5, 0.6) is 0 Å². The molecule has 0 fully saturated rings. The lowest BCUT2D eigenvalue weighted by Crippen LogP contribution is -2.37. The third-order valence-corrected chi connectivity index (χ3v) is 4.16. The first-order valence-electron chi connectivity index (χ1n) is 8.81. The molecule has 1 heterocycles. The highest BCUT2D eigenvalue weighted by molar-refractivity contribution is 5.93. The van der Waals surface area contributed by atoms with Crippen LogP contribution < -0.4 is 10.6 Å². The fourth-order valence-electron chi connectivity index (χ4n) is 2.85. The Morgan fingerprint density at radius 3 is 1.93 bits per heavy atom. The lowest BCUT2D eigenvalue weighted by molar-refractivity contribution is -0.121.